The number of piperidine rings is 1. The molecule has 1 N–H and O–H groups in total. The fraction of sp³-hybridized carbons (Fsp3) is 0.727. The van der Waals surface area contributed by atoms with Crippen LogP contribution in [0.2, 0.25) is 0 Å². The number of carbonyl (C=O) groups excluding carboxylic acids is 1. The van der Waals surface area contributed by atoms with E-state index in [2.05, 4.69) is 17.5 Å². The molecule has 0 unspecified atom stereocenters. The molecule has 1 fully saturated rings. The Hall–Kier alpha value is -1.39. The van der Waals surface area contributed by atoms with E-state index in [-0.39, 0.29) is 29.2 Å². The van der Waals surface area contributed by atoms with Crippen LogP contribution in [0.1, 0.15) is 32.1 Å². The third-order valence-corrected chi connectivity index (χ3v) is 3.50. The second-order valence-corrected chi connectivity index (χ2v) is 4.53. The molecule has 1 aliphatic heterocycles. The highest BCUT2D eigenvalue weighted by Gasteiger charge is 2.41. The number of nitrogens with one attached hydrogen (secondary N) is 1. The van der Waals surface area contributed by atoms with E-state index >= 15 is 0 Å². The Labute approximate surface area is 94.1 Å². The first-order valence-electron chi connectivity index (χ1n) is 5.76. The van der Waals surface area contributed by atoms with Crippen LogP contribution in [0.4, 0.5) is 0 Å². The molecule has 5 nitrogen and oxygen atoms in total. The number of nitro groups is 1. The van der Waals surface area contributed by atoms with Crippen LogP contribution in [0.5, 0.6) is 0 Å². The minimum absolute atomic E-state index is 0.0438. The molecule has 1 saturated heterocycles. The average Bonchev–Trinajstić information content (AvgIpc) is 2.29. The minimum Gasteiger partial charge on any atom is -0.346 e. The van der Waals surface area contributed by atoms with Crippen molar-refractivity contribution in [3.05, 3.63) is 22.3 Å². The molecular weight excluding hydrogens is 208 g/mol. The van der Waals surface area contributed by atoms with Gasteiger partial charge >= 0.3 is 0 Å². The van der Waals surface area contributed by atoms with Gasteiger partial charge in [0.15, 0.2) is 0 Å². The lowest BCUT2D eigenvalue weighted by Gasteiger charge is -2.33. The summed E-state index contributed by atoms with van der Waals surface area (Å²) in [6.45, 7) is 0. The molecule has 1 aliphatic carbocycles. The fourth-order valence-electron chi connectivity index (χ4n) is 2.62. The maximum atomic E-state index is 11.3. The predicted molar refractivity (Wildman–Crippen MR) is 58.4 cm³/mol. The van der Waals surface area contributed by atoms with E-state index in [0.717, 1.165) is 19.3 Å². The summed E-state index contributed by atoms with van der Waals surface area (Å²) in [5.74, 6) is 0.183. The lowest BCUT2D eigenvalue weighted by molar-refractivity contribution is -0.530. The SMILES string of the molecule is O=C1CC[C@H]([N+](=O)[O-])[C@H]([C@H]2CC=CCC2)N1. The molecule has 0 aromatic carbocycles. The van der Waals surface area contributed by atoms with E-state index in [1.807, 2.05) is 0 Å². The topological polar surface area (TPSA) is 72.2 Å². The molecule has 0 aromatic rings. The zero-order valence-electron chi connectivity index (χ0n) is 9.09. The second kappa shape index (κ2) is 4.63. The summed E-state index contributed by atoms with van der Waals surface area (Å²) < 4.78 is 0. The molecule has 0 aromatic heterocycles. The van der Waals surface area contributed by atoms with Gasteiger partial charge in [-0.25, -0.2) is 0 Å². The van der Waals surface area contributed by atoms with E-state index in [0.29, 0.717) is 6.42 Å². The molecule has 1 heterocycles. The van der Waals surface area contributed by atoms with Crippen LogP contribution < -0.4 is 5.32 Å². The standard InChI is InChI=1S/C11H16N2O3/c14-10-7-6-9(13(15)16)11(12-10)8-4-2-1-3-5-8/h1-2,8-9,11H,3-7H2,(H,12,14)/t8-,9-,11-/m0/s1. The monoisotopic (exact) mass is 224 g/mol. The van der Waals surface area contributed by atoms with Crippen LogP contribution in [0.15, 0.2) is 12.2 Å². The Balaban J connectivity index is 2.10. The molecule has 2 rings (SSSR count). The zero-order valence-corrected chi connectivity index (χ0v) is 9.09. The van der Waals surface area contributed by atoms with Gasteiger partial charge in [-0.05, 0) is 25.2 Å². The van der Waals surface area contributed by atoms with Crippen molar-refractivity contribution in [1.82, 2.24) is 5.32 Å². The van der Waals surface area contributed by atoms with Crippen LogP contribution in [-0.2, 0) is 4.79 Å². The van der Waals surface area contributed by atoms with Gasteiger partial charge < -0.3 is 5.32 Å². The fourth-order valence-corrected chi connectivity index (χ4v) is 2.62. The number of hydrogen-bond acceptors (Lipinski definition) is 3. The summed E-state index contributed by atoms with van der Waals surface area (Å²) in [5, 5.41) is 13.8. The Morgan fingerprint density at radius 2 is 2.19 bits per heavy atom. The first-order valence-corrected chi connectivity index (χ1v) is 5.76. The predicted octanol–water partition coefficient (Wildman–Crippen LogP) is 1.27. The number of rotatable bonds is 2. The number of nitrogens with zero attached hydrogens (tertiary/aromatic N) is 1. The highest BCUT2D eigenvalue weighted by molar-refractivity contribution is 5.77. The molecular formula is C11H16N2O3. The van der Waals surface area contributed by atoms with Crippen molar-refractivity contribution in [3.63, 3.8) is 0 Å². The van der Waals surface area contributed by atoms with Gasteiger partial charge in [0, 0.05) is 17.8 Å². The Kier molecular flexibility index (Phi) is 3.22. The van der Waals surface area contributed by atoms with E-state index in [9.17, 15) is 14.9 Å². The van der Waals surface area contributed by atoms with Crippen molar-refractivity contribution < 1.29 is 9.72 Å². The maximum Gasteiger partial charge on any atom is 0.233 e. The van der Waals surface area contributed by atoms with Gasteiger partial charge in [0.05, 0.1) is 6.04 Å². The quantitative estimate of drug-likeness (QED) is 0.436. The van der Waals surface area contributed by atoms with Gasteiger partial charge in [-0.1, -0.05) is 12.2 Å². The zero-order chi connectivity index (χ0) is 11.5. The number of amides is 1. The van der Waals surface area contributed by atoms with Gasteiger partial charge in [-0.15, -0.1) is 0 Å². The van der Waals surface area contributed by atoms with E-state index in [1.54, 1.807) is 0 Å². The molecule has 16 heavy (non-hydrogen) atoms. The average molecular weight is 224 g/mol. The minimum atomic E-state index is -0.603. The van der Waals surface area contributed by atoms with Crippen LogP contribution in [0, 0.1) is 16.0 Å². The molecule has 0 saturated carbocycles. The van der Waals surface area contributed by atoms with Crippen LogP contribution in [0.25, 0.3) is 0 Å². The van der Waals surface area contributed by atoms with Gasteiger partial charge in [0.2, 0.25) is 11.9 Å². The molecule has 0 radical (unpaired) electrons. The number of hydrogen-bond donors (Lipinski definition) is 1. The first kappa shape index (κ1) is 11.1. The lowest BCUT2D eigenvalue weighted by Crippen LogP contribution is -2.55. The second-order valence-electron chi connectivity index (χ2n) is 4.53. The first-order chi connectivity index (χ1) is 7.68. The Morgan fingerprint density at radius 3 is 2.81 bits per heavy atom. The summed E-state index contributed by atoms with van der Waals surface area (Å²) in [6.07, 6.45) is 7.56. The molecule has 0 spiro atoms. The summed E-state index contributed by atoms with van der Waals surface area (Å²) >= 11 is 0. The molecule has 88 valence electrons. The number of carbonyl (C=O) groups is 1. The van der Waals surface area contributed by atoms with Crippen LogP contribution in [-0.4, -0.2) is 22.9 Å². The Bertz CT molecular complexity index is 327. The molecule has 1 amide bonds. The molecule has 5 heteroatoms. The third-order valence-electron chi connectivity index (χ3n) is 3.50. The highest BCUT2D eigenvalue weighted by Crippen LogP contribution is 2.28. The Morgan fingerprint density at radius 1 is 1.38 bits per heavy atom. The van der Waals surface area contributed by atoms with Crippen LogP contribution in [0.3, 0.4) is 0 Å². The lowest BCUT2D eigenvalue weighted by atomic mass is 9.81. The van der Waals surface area contributed by atoms with E-state index in [1.165, 1.54) is 0 Å². The van der Waals surface area contributed by atoms with Crippen molar-refractivity contribution in [3.8, 4) is 0 Å². The maximum absolute atomic E-state index is 11.3. The number of allylic oxidation sites excluding steroid dienone is 2. The van der Waals surface area contributed by atoms with Crippen LogP contribution >= 0.6 is 0 Å². The normalized spacial score (nSPS) is 34.5. The summed E-state index contributed by atoms with van der Waals surface area (Å²) in [4.78, 5) is 22.0. The van der Waals surface area contributed by atoms with Crippen molar-refractivity contribution in [2.75, 3.05) is 0 Å². The molecule has 2 aliphatic rings. The van der Waals surface area contributed by atoms with Gasteiger partial charge in [-0.3, -0.25) is 14.9 Å². The molecule has 3 atom stereocenters. The summed E-state index contributed by atoms with van der Waals surface area (Å²) in [5.41, 5.74) is 0. The van der Waals surface area contributed by atoms with Crippen molar-refractivity contribution >= 4 is 5.91 Å². The highest BCUT2D eigenvalue weighted by atomic mass is 16.6. The van der Waals surface area contributed by atoms with Crippen molar-refractivity contribution in [1.29, 1.82) is 0 Å². The van der Waals surface area contributed by atoms with Gasteiger partial charge in [-0.2, -0.15) is 0 Å². The van der Waals surface area contributed by atoms with E-state index < -0.39 is 6.04 Å². The van der Waals surface area contributed by atoms with Crippen molar-refractivity contribution in [2.24, 2.45) is 5.92 Å². The summed E-state index contributed by atoms with van der Waals surface area (Å²) in [7, 11) is 0. The largest absolute Gasteiger partial charge is 0.346 e. The third kappa shape index (κ3) is 2.23. The van der Waals surface area contributed by atoms with E-state index in [4.69, 9.17) is 0 Å². The van der Waals surface area contributed by atoms with Gasteiger partial charge in [0.1, 0.15) is 0 Å². The molecule has 0 bridgehead atoms. The summed E-state index contributed by atoms with van der Waals surface area (Å²) in [6, 6.07) is -0.879. The van der Waals surface area contributed by atoms with Crippen molar-refractivity contribution in [2.45, 2.75) is 44.2 Å². The van der Waals surface area contributed by atoms with Gasteiger partial charge in [0.25, 0.3) is 0 Å². The smallest absolute Gasteiger partial charge is 0.233 e.